The summed E-state index contributed by atoms with van der Waals surface area (Å²) in [4.78, 5) is 11.7. The van der Waals surface area contributed by atoms with Crippen molar-refractivity contribution < 1.29 is 9.53 Å². The number of nitrogens with zero attached hydrogens (tertiary/aromatic N) is 1. The molecule has 1 aliphatic rings. The molecule has 0 spiro atoms. The minimum Gasteiger partial charge on any atom is -0.444 e. The lowest BCUT2D eigenvalue weighted by Crippen LogP contribution is -2.48. The Morgan fingerprint density at radius 2 is 1.83 bits per heavy atom. The van der Waals surface area contributed by atoms with Gasteiger partial charge in [0.15, 0.2) is 0 Å². The van der Waals surface area contributed by atoms with Crippen LogP contribution < -0.4 is 10.7 Å². The highest BCUT2D eigenvalue weighted by Crippen LogP contribution is 2.19. The molecule has 1 saturated carbocycles. The second-order valence-corrected chi connectivity index (χ2v) is 6.23. The fourth-order valence-electron chi connectivity index (χ4n) is 2.28. The zero-order chi connectivity index (χ0) is 13.8. The summed E-state index contributed by atoms with van der Waals surface area (Å²) in [6, 6.07) is 0.653. The molecule has 0 saturated heterocycles. The van der Waals surface area contributed by atoms with E-state index in [2.05, 4.69) is 10.7 Å². The van der Waals surface area contributed by atoms with Gasteiger partial charge in [-0.2, -0.15) is 0 Å². The molecule has 2 atom stereocenters. The van der Waals surface area contributed by atoms with Gasteiger partial charge in [-0.3, -0.25) is 10.4 Å². The Balaban J connectivity index is 2.36. The number of carbonyl (C=O) groups is 1. The number of nitrogens with one attached hydrogen (secondary N) is 2. The minimum absolute atomic E-state index is 0.214. The summed E-state index contributed by atoms with van der Waals surface area (Å²) in [5.41, 5.74) is 2.94. The first kappa shape index (κ1) is 15.2. The molecule has 5 heteroatoms. The molecule has 0 aromatic carbocycles. The third kappa shape index (κ3) is 6.21. The van der Waals surface area contributed by atoms with E-state index in [0.717, 1.165) is 25.7 Å². The molecule has 18 heavy (non-hydrogen) atoms. The maximum atomic E-state index is 11.7. The molecule has 1 amide bonds. The second kappa shape index (κ2) is 6.38. The summed E-state index contributed by atoms with van der Waals surface area (Å²) < 4.78 is 5.28. The van der Waals surface area contributed by atoms with Crippen molar-refractivity contribution in [3.8, 4) is 0 Å². The number of ether oxygens (including phenoxy) is 1. The Morgan fingerprint density at radius 1 is 1.22 bits per heavy atom. The minimum atomic E-state index is -0.431. The smallest absolute Gasteiger partial charge is 0.407 e. The van der Waals surface area contributed by atoms with Gasteiger partial charge in [0.25, 0.3) is 0 Å². The molecule has 5 nitrogen and oxygen atoms in total. The van der Waals surface area contributed by atoms with Crippen LogP contribution in [0.3, 0.4) is 0 Å². The molecule has 0 aromatic heterocycles. The van der Waals surface area contributed by atoms with Crippen molar-refractivity contribution >= 4 is 6.09 Å². The van der Waals surface area contributed by atoms with Crippen LogP contribution in [0.2, 0.25) is 0 Å². The van der Waals surface area contributed by atoms with Crippen LogP contribution in [0.25, 0.3) is 0 Å². The SMILES string of the molecule is CN(C)NC1CCCC(NC(=O)OC(C)(C)C)C1. The van der Waals surface area contributed by atoms with E-state index in [-0.39, 0.29) is 12.1 Å². The summed E-state index contributed by atoms with van der Waals surface area (Å²) >= 11 is 0. The van der Waals surface area contributed by atoms with E-state index in [0.29, 0.717) is 6.04 Å². The Kier molecular flexibility index (Phi) is 5.41. The number of hydrazine groups is 1. The molecule has 1 fully saturated rings. The monoisotopic (exact) mass is 257 g/mol. The van der Waals surface area contributed by atoms with Crippen molar-refractivity contribution in [3.63, 3.8) is 0 Å². The first-order valence-electron chi connectivity index (χ1n) is 6.69. The molecular formula is C13H27N3O2. The largest absolute Gasteiger partial charge is 0.444 e. The van der Waals surface area contributed by atoms with Crippen molar-refractivity contribution in [1.82, 2.24) is 15.8 Å². The molecule has 0 radical (unpaired) electrons. The Morgan fingerprint density at radius 3 is 2.39 bits per heavy atom. The molecule has 106 valence electrons. The molecule has 2 N–H and O–H groups in total. The molecule has 1 rings (SSSR count). The van der Waals surface area contributed by atoms with Crippen molar-refractivity contribution in [1.29, 1.82) is 0 Å². The van der Waals surface area contributed by atoms with Gasteiger partial charge < -0.3 is 10.1 Å². The van der Waals surface area contributed by atoms with Gasteiger partial charge in [-0.1, -0.05) is 0 Å². The predicted molar refractivity (Wildman–Crippen MR) is 72.2 cm³/mol. The number of rotatable bonds is 3. The third-order valence-electron chi connectivity index (χ3n) is 2.84. The lowest BCUT2D eigenvalue weighted by atomic mass is 9.91. The lowest BCUT2D eigenvalue weighted by Gasteiger charge is -2.32. The van der Waals surface area contributed by atoms with Crippen LogP contribution in [-0.2, 0) is 4.74 Å². The highest BCUT2D eigenvalue weighted by Gasteiger charge is 2.25. The zero-order valence-corrected chi connectivity index (χ0v) is 12.2. The van der Waals surface area contributed by atoms with Crippen molar-refractivity contribution in [2.24, 2.45) is 0 Å². The number of carbonyl (C=O) groups excluding carboxylic acids is 1. The first-order valence-corrected chi connectivity index (χ1v) is 6.69. The quantitative estimate of drug-likeness (QED) is 0.758. The van der Waals surface area contributed by atoms with Crippen LogP contribution >= 0.6 is 0 Å². The van der Waals surface area contributed by atoms with E-state index in [4.69, 9.17) is 4.74 Å². The normalized spacial score (nSPS) is 25.0. The van der Waals surface area contributed by atoms with Crippen LogP contribution in [0, 0.1) is 0 Å². The van der Waals surface area contributed by atoms with Gasteiger partial charge in [-0.25, -0.2) is 4.79 Å². The third-order valence-corrected chi connectivity index (χ3v) is 2.84. The average Bonchev–Trinajstić information content (AvgIpc) is 2.13. The number of hydrogen-bond acceptors (Lipinski definition) is 4. The maximum absolute atomic E-state index is 11.7. The standard InChI is InChI=1S/C13H27N3O2/c1-13(2,3)18-12(17)14-10-7-6-8-11(9-10)15-16(4)5/h10-11,15H,6-9H2,1-5H3,(H,14,17). The summed E-state index contributed by atoms with van der Waals surface area (Å²) in [5.74, 6) is 0. The van der Waals surface area contributed by atoms with Gasteiger partial charge in [0.1, 0.15) is 5.60 Å². The zero-order valence-electron chi connectivity index (χ0n) is 12.2. The molecule has 1 aliphatic carbocycles. The van der Waals surface area contributed by atoms with Crippen molar-refractivity contribution in [2.45, 2.75) is 64.1 Å². The summed E-state index contributed by atoms with van der Waals surface area (Å²) in [5, 5.41) is 4.93. The van der Waals surface area contributed by atoms with Gasteiger partial charge in [0.2, 0.25) is 0 Å². The number of amides is 1. The molecule has 0 heterocycles. The van der Waals surface area contributed by atoms with E-state index in [9.17, 15) is 4.79 Å². The summed E-state index contributed by atoms with van der Waals surface area (Å²) in [6.45, 7) is 5.64. The van der Waals surface area contributed by atoms with Crippen molar-refractivity contribution in [2.75, 3.05) is 14.1 Å². The van der Waals surface area contributed by atoms with Crippen LogP contribution in [0.5, 0.6) is 0 Å². The molecule has 2 unspecified atom stereocenters. The van der Waals surface area contributed by atoms with Crippen molar-refractivity contribution in [3.05, 3.63) is 0 Å². The summed E-state index contributed by atoms with van der Waals surface area (Å²) in [7, 11) is 3.98. The first-order chi connectivity index (χ1) is 8.26. The van der Waals surface area contributed by atoms with Gasteiger partial charge >= 0.3 is 6.09 Å². The van der Waals surface area contributed by atoms with Crippen LogP contribution in [0.15, 0.2) is 0 Å². The lowest BCUT2D eigenvalue weighted by molar-refractivity contribution is 0.0483. The molecule has 0 aromatic rings. The Bertz CT molecular complexity index is 274. The van der Waals surface area contributed by atoms with Crippen LogP contribution in [0.4, 0.5) is 4.79 Å². The van der Waals surface area contributed by atoms with E-state index < -0.39 is 5.60 Å². The fourth-order valence-corrected chi connectivity index (χ4v) is 2.28. The van der Waals surface area contributed by atoms with E-state index in [1.807, 2.05) is 39.9 Å². The second-order valence-electron chi connectivity index (χ2n) is 6.23. The van der Waals surface area contributed by atoms with E-state index in [1.54, 1.807) is 0 Å². The Hall–Kier alpha value is -0.810. The van der Waals surface area contributed by atoms with Gasteiger partial charge in [-0.15, -0.1) is 0 Å². The van der Waals surface area contributed by atoms with Gasteiger partial charge in [0, 0.05) is 26.2 Å². The summed E-state index contributed by atoms with van der Waals surface area (Å²) in [6.07, 6.45) is 3.97. The fraction of sp³-hybridized carbons (Fsp3) is 0.923. The highest BCUT2D eigenvalue weighted by molar-refractivity contribution is 5.68. The Labute approximate surface area is 110 Å². The van der Waals surface area contributed by atoms with Gasteiger partial charge in [0.05, 0.1) is 0 Å². The number of alkyl carbamates (subject to hydrolysis) is 1. The van der Waals surface area contributed by atoms with E-state index >= 15 is 0 Å². The van der Waals surface area contributed by atoms with Crippen LogP contribution in [0.1, 0.15) is 46.5 Å². The number of hydrogen-bond donors (Lipinski definition) is 2. The maximum Gasteiger partial charge on any atom is 0.407 e. The topological polar surface area (TPSA) is 53.6 Å². The molecular weight excluding hydrogens is 230 g/mol. The average molecular weight is 257 g/mol. The van der Waals surface area contributed by atoms with E-state index in [1.165, 1.54) is 0 Å². The highest BCUT2D eigenvalue weighted by atomic mass is 16.6. The predicted octanol–water partition coefficient (Wildman–Crippen LogP) is 1.89. The molecule has 0 aliphatic heterocycles. The molecule has 0 bridgehead atoms. The van der Waals surface area contributed by atoms with Gasteiger partial charge in [-0.05, 0) is 46.5 Å². The van der Waals surface area contributed by atoms with Crippen LogP contribution in [-0.4, -0.2) is 42.9 Å².